The number of fused-ring (bicyclic) bond motifs is 3. The first kappa shape index (κ1) is 17.0. The van der Waals surface area contributed by atoms with Gasteiger partial charge in [0.25, 0.3) is 0 Å². The van der Waals surface area contributed by atoms with Crippen LogP contribution in [0.15, 0.2) is 41.7 Å². The number of benzene rings is 1. The summed E-state index contributed by atoms with van der Waals surface area (Å²) in [4.78, 5) is 28.5. The molecule has 2 unspecified atom stereocenters. The molecule has 2 bridgehead atoms. The highest BCUT2D eigenvalue weighted by Crippen LogP contribution is 2.35. The van der Waals surface area contributed by atoms with E-state index in [-0.39, 0.29) is 5.91 Å². The maximum atomic E-state index is 12.9. The van der Waals surface area contributed by atoms with Gasteiger partial charge >= 0.3 is 0 Å². The second-order valence-electron chi connectivity index (χ2n) is 7.45. The number of para-hydroxylation sites is 1. The molecule has 0 radical (unpaired) electrons. The first-order valence-electron chi connectivity index (χ1n) is 9.49. The summed E-state index contributed by atoms with van der Waals surface area (Å²) in [5, 5.41) is 0.812. The van der Waals surface area contributed by atoms with Gasteiger partial charge in [0, 0.05) is 43.6 Å². The Kier molecular flexibility index (Phi) is 4.28. The molecule has 4 aliphatic rings. The molecule has 0 spiro atoms. The van der Waals surface area contributed by atoms with Crippen LogP contribution in [0.25, 0.3) is 0 Å². The summed E-state index contributed by atoms with van der Waals surface area (Å²) in [6.45, 7) is 3.21. The summed E-state index contributed by atoms with van der Waals surface area (Å²) in [6.07, 6.45) is 5.98. The number of thioether (sulfide) groups is 1. The Balaban J connectivity index is 1.24. The molecule has 1 aromatic carbocycles. The number of carbonyl (C=O) groups excluding carboxylic acids is 1. The summed E-state index contributed by atoms with van der Waals surface area (Å²) >= 11 is 1.57. The van der Waals surface area contributed by atoms with Crippen molar-refractivity contribution in [3.8, 4) is 0 Å². The summed E-state index contributed by atoms with van der Waals surface area (Å²) in [7, 11) is 0. The van der Waals surface area contributed by atoms with Crippen molar-refractivity contribution in [3.05, 3.63) is 42.1 Å². The Labute approximate surface area is 163 Å². The number of rotatable bonds is 4. The van der Waals surface area contributed by atoms with Gasteiger partial charge in [-0.05, 0) is 36.8 Å². The van der Waals surface area contributed by atoms with Gasteiger partial charge in [0.15, 0.2) is 5.16 Å². The molecule has 1 amide bonds. The quantitative estimate of drug-likeness (QED) is 0.597. The molecule has 140 valence electrons. The summed E-state index contributed by atoms with van der Waals surface area (Å²) in [5.74, 6) is 1.23. The van der Waals surface area contributed by atoms with Crippen LogP contribution in [0.2, 0.25) is 0 Å². The molecule has 0 aliphatic carbocycles. The van der Waals surface area contributed by atoms with Crippen molar-refractivity contribution in [2.45, 2.75) is 30.1 Å². The third kappa shape index (κ3) is 2.99. The van der Waals surface area contributed by atoms with E-state index < -0.39 is 0 Å². The highest BCUT2D eigenvalue weighted by atomic mass is 32.2. The molecular formula is C20H23N5OS. The van der Waals surface area contributed by atoms with Crippen LogP contribution in [0.1, 0.15) is 12.0 Å². The van der Waals surface area contributed by atoms with Crippen molar-refractivity contribution in [2.24, 2.45) is 0 Å². The number of amides is 1. The molecule has 3 saturated heterocycles. The zero-order valence-corrected chi connectivity index (χ0v) is 16.2. The number of hydrogen-bond donors (Lipinski definition) is 0. The minimum absolute atomic E-state index is 0.231. The van der Waals surface area contributed by atoms with Gasteiger partial charge in [0.05, 0.1) is 6.54 Å². The van der Waals surface area contributed by atoms with Crippen molar-refractivity contribution in [2.75, 3.05) is 42.2 Å². The van der Waals surface area contributed by atoms with Crippen LogP contribution < -0.4 is 9.80 Å². The van der Waals surface area contributed by atoms with E-state index in [1.165, 1.54) is 12.0 Å². The van der Waals surface area contributed by atoms with E-state index in [0.717, 1.165) is 42.7 Å². The number of nitrogens with zero attached hydrogens (tertiary/aromatic N) is 5. The molecule has 6 nitrogen and oxygen atoms in total. The molecule has 6 rings (SSSR count). The Bertz CT molecular complexity index is 863. The molecule has 1 aromatic heterocycles. The fraction of sp³-hybridized carbons (Fsp3) is 0.450. The van der Waals surface area contributed by atoms with Crippen molar-refractivity contribution >= 4 is 29.2 Å². The van der Waals surface area contributed by atoms with E-state index in [2.05, 4.69) is 38.0 Å². The lowest BCUT2D eigenvalue weighted by Crippen LogP contribution is -2.70. The largest absolute Gasteiger partial charge is 0.353 e. The zero-order chi connectivity index (χ0) is 18.4. The van der Waals surface area contributed by atoms with Gasteiger partial charge in [-0.15, -0.1) is 0 Å². The number of piperidine rings is 1. The highest BCUT2D eigenvalue weighted by Gasteiger charge is 2.46. The van der Waals surface area contributed by atoms with Crippen LogP contribution in [-0.2, 0) is 11.2 Å². The molecule has 0 N–H and O–H groups in total. The van der Waals surface area contributed by atoms with Gasteiger partial charge in [-0.25, -0.2) is 9.97 Å². The molecule has 4 aliphatic heterocycles. The Morgan fingerprint density at radius 2 is 2.04 bits per heavy atom. The SMILES string of the molecule is CSc1nccc(N2CC3CC(C2)N3CC(=O)N2CCc3ccccc32)n1. The summed E-state index contributed by atoms with van der Waals surface area (Å²) in [6, 6.07) is 11.1. The van der Waals surface area contributed by atoms with Crippen LogP contribution in [0.3, 0.4) is 0 Å². The van der Waals surface area contributed by atoms with Gasteiger partial charge < -0.3 is 9.80 Å². The lowest BCUT2D eigenvalue weighted by Gasteiger charge is -2.56. The predicted octanol–water partition coefficient (Wildman–Crippen LogP) is 2.05. The average Bonchev–Trinajstić information content (AvgIpc) is 3.16. The summed E-state index contributed by atoms with van der Waals surface area (Å²) in [5.41, 5.74) is 2.38. The molecule has 2 atom stereocenters. The number of carbonyl (C=O) groups is 1. The maximum Gasteiger partial charge on any atom is 0.241 e. The molecule has 7 heteroatoms. The van der Waals surface area contributed by atoms with Gasteiger partial charge in [-0.3, -0.25) is 9.69 Å². The minimum Gasteiger partial charge on any atom is -0.353 e. The number of hydrogen-bond acceptors (Lipinski definition) is 6. The average molecular weight is 382 g/mol. The zero-order valence-electron chi connectivity index (χ0n) is 15.4. The van der Waals surface area contributed by atoms with Crippen molar-refractivity contribution < 1.29 is 4.79 Å². The number of aromatic nitrogens is 2. The van der Waals surface area contributed by atoms with E-state index in [0.29, 0.717) is 18.6 Å². The summed E-state index contributed by atoms with van der Waals surface area (Å²) < 4.78 is 0. The van der Waals surface area contributed by atoms with Crippen LogP contribution in [0.5, 0.6) is 0 Å². The smallest absolute Gasteiger partial charge is 0.241 e. The van der Waals surface area contributed by atoms with E-state index in [1.54, 1.807) is 11.8 Å². The number of piperazine rings is 1. The molecular weight excluding hydrogens is 358 g/mol. The van der Waals surface area contributed by atoms with Crippen molar-refractivity contribution in [3.63, 3.8) is 0 Å². The Morgan fingerprint density at radius 1 is 1.22 bits per heavy atom. The van der Waals surface area contributed by atoms with Gasteiger partial charge in [-0.1, -0.05) is 30.0 Å². The third-order valence-electron chi connectivity index (χ3n) is 5.98. The van der Waals surface area contributed by atoms with Crippen molar-refractivity contribution in [1.82, 2.24) is 14.9 Å². The maximum absolute atomic E-state index is 12.9. The molecule has 27 heavy (non-hydrogen) atoms. The van der Waals surface area contributed by atoms with Crippen LogP contribution in [-0.4, -0.2) is 65.3 Å². The fourth-order valence-corrected chi connectivity index (χ4v) is 4.93. The molecule has 2 aromatic rings. The lowest BCUT2D eigenvalue weighted by atomic mass is 9.87. The van der Waals surface area contributed by atoms with E-state index in [4.69, 9.17) is 0 Å². The number of anilines is 2. The molecule has 3 fully saturated rings. The Morgan fingerprint density at radius 3 is 2.85 bits per heavy atom. The molecule has 5 heterocycles. The standard InChI is InChI=1S/C20H23N5OS/c1-27-20-21-8-6-18(22-20)23-11-15-10-16(12-23)25(15)13-19(26)24-9-7-14-4-2-3-5-17(14)24/h2-6,8,15-16H,7,9-13H2,1H3. The predicted molar refractivity (Wildman–Crippen MR) is 107 cm³/mol. The van der Waals surface area contributed by atoms with Crippen LogP contribution in [0.4, 0.5) is 11.5 Å². The van der Waals surface area contributed by atoms with Gasteiger partial charge in [0.2, 0.25) is 5.91 Å². The first-order chi connectivity index (χ1) is 13.2. The minimum atomic E-state index is 0.231. The van der Waals surface area contributed by atoms with Gasteiger partial charge in [-0.2, -0.15) is 0 Å². The Hall–Kier alpha value is -2.12. The van der Waals surface area contributed by atoms with Crippen LogP contribution in [0, 0.1) is 0 Å². The van der Waals surface area contributed by atoms with Crippen LogP contribution >= 0.6 is 11.8 Å². The first-order valence-corrected chi connectivity index (χ1v) is 10.7. The highest BCUT2D eigenvalue weighted by molar-refractivity contribution is 7.98. The van der Waals surface area contributed by atoms with Gasteiger partial charge in [0.1, 0.15) is 5.82 Å². The lowest BCUT2D eigenvalue weighted by molar-refractivity contribution is -0.124. The third-order valence-corrected chi connectivity index (χ3v) is 6.54. The molecule has 0 saturated carbocycles. The van der Waals surface area contributed by atoms with E-state index in [1.807, 2.05) is 29.5 Å². The normalized spacial score (nSPS) is 23.9. The second-order valence-corrected chi connectivity index (χ2v) is 8.22. The van der Waals surface area contributed by atoms with Crippen molar-refractivity contribution in [1.29, 1.82) is 0 Å². The van der Waals surface area contributed by atoms with E-state index >= 15 is 0 Å². The fourth-order valence-electron chi connectivity index (χ4n) is 4.58. The van der Waals surface area contributed by atoms with E-state index in [9.17, 15) is 4.79 Å². The monoisotopic (exact) mass is 381 g/mol. The second kappa shape index (κ2) is 6.80. The topological polar surface area (TPSA) is 52.6 Å².